The average molecular weight is 327 g/mol. The Labute approximate surface area is 142 Å². The van der Waals surface area contributed by atoms with Gasteiger partial charge in [-0.15, -0.1) is 0 Å². The number of H-pyrrole nitrogens is 1. The lowest BCUT2D eigenvalue weighted by atomic mass is 10.0. The molecule has 1 fully saturated rings. The zero-order valence-electron chi connectivity index (χ0n) is 14.3. The van der Waals surface area contributed by atoms with Gasteiger partial charge in [-0.2, -0.15) is 0 Å². The number of nitrogens with zero attached hydrogens (tertiary/aromatic N) is 3. The molecule has 6 nitrogen and oxygen atoms in total. The third-order valence-corrected chi connectivity index (χ3v) is 4.63. The largest absolute Gasteiger partial charge is 0.373 e. The third-order valence-electron chi connectivity index (χ3n) is 4.63. The maximum Gasteiger partial charge on any atom is 0.322 e. The number of rotatable bonds is 4. The van der Waals surface area contributed by atoms with Gasteiger partial charge in [0.05, 0.1) is 17.4 Å². The predicted molar refractivity (Wildman–Crippen MR) is 96.3 cm³/mol. The summed E-state index contributed by atoms with van der Waals surface area (Å²) in [6.07, 6.45) is 6.64. The zero-order valence-corrected chi connectivity index (χ0v) is 14.3. The number of para-hydroxylation sites is 2. The first-order valence-corrected chi connectivity index (χ1v) is 8.57. The van der Waals surface area contributed by atoms with Crippen molar-refractivity contribution in [2.75, 3.05) is 30.4 Å². The summed E-state index contributed by atoms with van der Waals surface area (Å²) in [5.41, 5.74) is 1.87. The molecule has 0 radical (unpaired) electrons. The van der Waals surface area contributed by atoms with E-state index in [4.69, 9.17) is 0 Å². The van der Waals surface area contributed by atoms with Crippen LogP contribution in [-0.2, 0) is 0 Å². The van der Waals surface area contributed by atoms with Gasteiger partial charge >= 0.3 is 6.03 Å². The fraction of sp³-hybridized carbons (Fsp3) is 0.444. The van der Waals surface area contributed by atoms with Crippen LogP contribution in [0.2, 0.25) is 0 Å². The minimum absolute atomic E-state index is 0.0183. The van der Waals surface area contributed by atoms with Gasteiger partial charge in [-0.3, -0.25) is 0 Å². The van der Waals surface area contributed by atoms with E-state index in [9.17, 15) is 4.79 Å². The van der Waals surface area contributed by atoms with Crippen molar-refractivity contribution in [1.29, 1.82) is 0 Å². The molecular formula is C18H25N5O. The first-order chi connectivity index (χ1) is 11.7. The van der Waals surface area contributed by atoms with Gasteiger partial charge < -0.3 is 20.1 Å². The summed E-state index contributed by atoms with van der Waals surface area (Å²) in [5, 5.41) is 3.09. The molecule has 1 aliphatic rings. The Morgan fingerprint density at radius 3 is 3.00 bits per heavy atom. The average Bonchev–Trinajstić information content (AvgIpc) is 3.16. The van der Waals surface area contributed by atoms with E-state index in [0.29, 0.717) is 0 Å². The molecule has 2 N–H and O–H groups in total. The van der Waals surface area contributed by atoms with Crippen LogP contribution in [0.4, 0.5) is 16.2 Å². The van der Waals surface area contributed by atoms with Crippen LogP contribution < -0.4 is 10.2 Å². The lowest BCUT2D eigenvalue weighted by Crippen LogP contribution is -2.41. The number of aromatic amines is 1. The maximum absolute atomic E-state index is 12.9. The van der Waals surface area contributed by atoms with E-state index >= 15 is 0 Å². The number of carbonyl (C=O) groups is 1. The molecule has 0 spiro atoms. The number of likely N-dealkylation sites (tertiary alicyclic amines) is 1. The first kappa shape index (κ1) is 16.4. The summed E-state index contributed by atoms with van der Waals surface area (Å²) in [6, 6.07) is 7.87. The summed E-state index contributed by atoms with van der Waals surface area (Å²) in [7, 11) is 2.03. The summed E-state index contributed by atoms with van der Waals surface area (Å²) in [5.74, 6) is 0.865. The number of imidazole rings is 1. The topological polar surface area (TPSA) is 64.3 Å². The molecule has 0 aliphatic carbocycles. The SMILES string of the molecule is CCN(C)c1ccccc1NC(=O)N1CCCC[C@@H]1c1ncc[nH]1. The van der Waals surface area contributed by atoms with Gasteiger partial charge in [0, 0.05) is 32.5 Å². The molecule has 1 aromatic carbocycles. The van der Waals surface area contributed by atoms with Crippen LogP contribution in [0.3, 0.4) is 0 Å². The van der Waals surface area contributed by atoms with E-state index in [0.717, 1.165) is 49.6 Å². The highest BCUT2D eigenvalue weighted by Gasteiger charge is 2.30. The Morgan fingerprint density at radius 1 is 1.42 bits per heavy atom. The van der Waals surface area contributed by atoms with Gasteiger partial charge in [0.15, 0.2) is 0 Å². The van der Waals surface area contributed by atoms with E-state index < -0.39 is 0 Å². The van der Waals surface area contributed by atoms with Gasteiger partial charge in [-0.05, 0) is 38.3 Å². The molecule has 2 amide bonds. The number of carbonyl (C=O) groups excluding carboxylic acids is 1. The molecular weight excluding hydrogens is 302 g/mol. The highest BCUT2D eigenvalue weighted by Crippen LogP contribution is 2.31. The van der Waals surface area contributed by atoms with Crippen LogP contribution in [0.1, 0.15) is 38.1 Å². The molecule has 0 bridgehead atoms. The molecule has 1 saturated heterocycles. The summed E-state index contributed by atoms with van der Waals surface area (Å²) >= 11 is 0. The molecule has 2 heterocycles. The second-order valence-corrected chi connectivity index (χ2v) is 6.14. The van der Waals surface area contributed by atoms with Crippen LogP contribution in [0, 0.1) is 0 Å². The van der Waals surface area contributed by atoms with E-state index in [1.807, 2.05) is 42.4 Å². The fourth-order valence-electron chi connectivity index (χ4n) is 3.19. The van der Waals surface area contributed by atoms with E-state index in [-0.39, 0.29) is 12.1 Å². The van der Waals surface area contributed by atoms with Crippen molar-refractivity contribution in [3.05, 3.63) is 42.5 Å². The van der Waals surface area contributed by atoms with Crippen molar-refractivity contribution in [3.8, 4) is 0 Å². The van der Waals surface area contributed by atoms with Crippen LogP contribution in [0.5, 0.6) is 0 Å². The molecule has 3 rings (SSSR count). The lowest BCUT2D eigenvalue weighted by Gasteiger charge is -2.35. The van der Waals surface area contributed by atoms with Crippen LogP contribution in [-0.4, -0.2) is 41.0 Å². The van der Waals surface area contributed by atoms with E-state index in [1.165, 1.54) is 0 Å². The number of hydrogen-bond donors (Lipinski definition) is 2. The fourth-order valence-corrected chi connectivity index (χ4v) is 3.19. The Kier molecular flexibility index (Phi) is 5.03. The van der Waals surface area contributed by atoms with Crippen LogP contribution in [0.25, 0.3) is 0 Å². The number of aromatic nitrogens is 2. The van der Waals surface area contributed by atoms with E-state index in [2.05, 4.69) is 27.1 Å². The number of urea groups is 1. The van der Waals surface area contributed by atoms with Crippen molar-refractivity contribution in [1.82, 2.24) is 14.9 Å². The standard InChI is InChI=1S/C18H25N5O/c1-3-22(2)15-9-5-4-8-14(15)21-18(24)23-13-7-6-10-16(23)17-19-11-12-20-17/h4-5,8-9,11-12,16H,3,6-7,10,13H2,1-2H3,(H,19,20)(H,21,24)/t16-/m1/s1. The van der Waals surface area contributed by atoms with Gasteiger partial charge in [-0.25, -0.2) is 9.78 Å². The van der Waals surface area contributed by atoms with Crippen molar-refractivity contribution in [3.63, 3.8) is 0 Å². The Balaban J connectivity index is 1.79. The number of benzene rings is 1. The molecule has 1 aromatic heterocycles. The number of amides is 2. The monoisotopic (exact) mass is 327 g/mol. The molecule has 1 atom stereocenters. The Hall–Kier alpha value is -2.50. The zero-order chi connectivity index (χ0) is 16.9. The van der Waals surface area contributed by atoms with Crippen molar-refractivity contribution in [2.45, 2.75) is 32.2 Å². The smallest absolute Gasteiger partial charge is 0.322 e. The Morgan fingerprint density at radius 2 is 2.25 bits per heavy atom. The molecule has 6 heteroatoms. The van der Waals surface area contributed by atoms with Gasteiger partial charge in [0.25, 0.3) is 0 Å². The number of anilines is 2. The summed E-state index contributed by atoms with van der Waals surface area (Å²) < 4.78 is 0. The highest BCUT2D eigenvalue weighted by molar-refractivity contribution is 5.93. The second kappa shape index (κ2) is 7.38. The third kappa shape index (κ3) is 3.37. The number of piperidine rings is 1. The van der Waals surface area contributed by atoms with Crippen LogP contribution >= 0.6 is 0 Å². The second-order valence-electron chi connectivity index (χ2n) is 6.14. The number of hydrogen-bond acceptors (Lipinski definition) is 3. The van der Waals surface area contributed by atoms with Crippen molar-refractivity contribution >= 4 is 17.4 Å². The van der Waals surface area contributed by atoms with Crippen molar-refractivity contribution < 1.29 is 4.79 Å². The minimum Gasteiger partial charge on any atom is -0.373 e. The normalized spacial score (nSPS) is 17.6. The number of nitrogens with one attached hydrogen (secondary N) is 2. The van der Waals surface area contributed by atoms with E-state index in [1.54, 1.807) is 6.20 Å². The molecule has 0 saturated carbocycles. The van der Waals surface area contributed by atoms with Gasteiger partial charge in [0.1, 0.15) is 5.82 Å². The van der Waals surface area contributed by atoms with Gasteiger partial charge in [0.2, 0.25) is 0 Å². The maximum atomic E-state index is 12.9. The summed E-state index contributed by atoms with van der Waals surface area (Å²) in [6.45, 7) is 3.73. The quantitative estimate of drug-likeness (QED) is 0.901. The first-order valence-electron chi connectivity index (χ1n) is 8.57. The predicted octanol–water partition coefficient (Wildman–Crippen LogP) is 3.62. The van der Waals surface area contributed by atoms with Crippen molar-refractivity contribution in [2.24, 2.45) is 0 Å². The molecule has 24 heavy (non-hydrogen) atoms. The van der Waals surface area contributed by atoms with Crippen LogP contribution in [0.15, 0.2) is 36.7 Å². The summed E-state index contributed by atoms with van der Waals surface area (Å²) in [4.78, 5) is 24.4. The molecule has 1 aliphatic heterocycles. The Bertz CT molecular complexity index is 670. The highest BCUT2D eigenvalue weighted by atomic mass is 16.2. The lowest BCUT2D eigenvalue weighted by molar-refractivity contribution is 0.160. The molecule has 128 valence electrons. The van der Waals surface area contributed by atoms with Gasteiger partial charge in [-0.1, -0.05) is 12.1 Å². The molecule has 0 unspecified atom stereocenters. The minimum atomic E-state index is -0.0620. The molecule has 2 aromatic rings.